The van der Waals surface area contributed by atoms with Crippen LogP contribution in [0.1, 0.15) is 27.9 Å². The van der Waals surface area contributed by atoms with E-state index in [1.165, 1.54) is 6.07 Å². The maximum atomic E-state index is 12.5. The Bertz CT molecular complexity index is 607. The van der Waals surface area contributed by atoms with Gasteiger partial charge in [0.15, 0.2) is 5.78 Å². The van der Waals surface area contributed by atoms with E-state index in [1.54, 1.807) is 36.4 Å². The largest absolute Gasteiger partial charge is 0.507 e. The first-order chi connectivity index (χ1) is 10.1. The molecule has 2 rings (SSSR count). The Hall–Kier alpha value is -2.17. The fourth-order valence-corrected chi connectivity index (χ4v) is 2.26. The summed E-state index contributed by atoms with van der Waals surface area (Å²) < 4.78 is 0. The lowest BCUT2D eigenvalue weighted by Crippen LogP contribution is -2.15. The van der Waals surface area contributed by atoms with Gasteiger partial charge in [0.1, 0.15) is 5.75 Å². The second kappa shape index (κ2) is 7.02. The summed E-state index contributed by atoms with van der Waals surface area (Å²) in [6, 6.07) is 13.5. The summed E-state index contributed by atoms with van der Waals surface area (Å²) >= 11 is 0. The lowest BCUT2D eigenvalue weighted by Gasteiger charge is -2.14. The fourth-order valence-electron chi connectivity index (χ4n) is 2.26. The lowest BCUT2D eigenvalue weighted by atomic mass is 9.93. The average Bonchev–Trinajstić information content (AvgIpc) is 2.48. The Morgan fingerprint density at radius 1 is 1.05 bits per heavy atom. The van der Waals surface area contributed by atoms with Gasteiger partial charge in [-0.15, -0.1) is 0 Å². The molecular weight excluding hydrogens is 268 g/mol. The van der Waals surface area contributed by atoms with Crippen molar-refractivity contribution in [1.82, 2.24) is 0 Å². The number of phenols is 1. The molecule has 4 nitrogen and oxygen atoms in total. The number of carbonyl (C=O) groups excluding carboxylic acids is 1. The molecule has 0 fully saturated rings. The van der Waals surface area contributed by atoms with Gasteiger partial charge in [-0.3, -0.25) is 4.79 Å². The van der Waals surface area contributed by atoms with Gasteiger partial charge in [0, 0.05) is 12.2 Å². The summed E-state index contributed by atoms with van der Waals surface area (Å²) in [5.41, 5.74) is 1.27. The maximum Gasteiger partial charge on any atom is 0.197 e. The smallest absolute Gasteiger partial charge is 0.197 e. The first-order valence-corrected chi connectivity index (χ1v) is 6.83. The van der Waals surface area contributed by atoms with Crippen LogP contribution in [0.5, 0.6) is 5.75 Å². The normalized spacial score (nSPS) is 12.1. The lowest BCUT2D eigenvalue weighted by molar-refractivity contribution is 0.103. The Labute approximate surface area is 123 Å². The minimum atomic E-state index is -0.751. The molecule has 2 aromatic rings. The summed E-state index contributed by atoms with van der Waals surface area (Å²) in [5.74, 6) is -0.377. The van der Waals surface area contributed by atoms with Gasteiger partial charge in [0.05, 0.1) is 11.7 Å². The molecule has 0 bridgehead atoms. The summed E-state index contributed by atoms with van der Waals surface area (Å²) in [4.78, 5) is 12.5. The number of hydrogen-bond donors (Lipinski definition) is 3. The summed E-state index contributed by atoms with van der Waals surface area (Å²) in [7, 11) is 0. The van der Waals surface area contributed by atoms with Gasteiger partial charge in [-0.2, -0.15) is 0 Å². The minimum Gasteiger partial charge on any atom is -0.507 e. The molecule has 0 saturated carbocycles. The first kappa shape index (κ1) is 15.2. The van der Waals surface area contributed by atoms with Crippen LogP contribution in [0.3, 0.4) is 0 Å². The number of carbonyl (C=O) groups is 1. The van der Waals surface area contributed by atoms with Crippen LogP contribution in [0, 0.1) is 0 Å². The molecule has 1 atom stereocenters. The molecule has 0 spiro atoms. The van der Waals surface area contributed by atoms with Gasteiger partial charge in [-0.05, 0) is 24.5 Å². The van der Waals surface area contributed by atoms with Crippen molar-refractivity contribution in [2.24, 2.45) is 0 Å². The Morgan fingerprint density at radius 2 is 1.76 bits per heavy atom. The number of aliphatic hydroxyl groups excluding tert-OH is 2. The zero-order valence-electron chi connectivity index (χ0n) is 11.6. The van der Waals surface area contributed by atoms with Gasteiger partial charge in [0.25, 0.3) is 0 Å². The zero-order valence-corrected chi connectivity index (χ0v) is 11.6. The van der Waals surface area contributed by atoms with E-state index >= 15 is 0 Å². The molecule has 0 amide bonds. The third-order valence-electron chi connectivity index (χ3n) is 3.31. The van der Waals surface area contributed by atoms with Gasteiger partial charge in [-0.1, -0.05) is 42.5 Å². The summed E-state index contributed by atoms with van der Waals surface area (Å²) in [5, 5.41) is 28.7. The van der Waals surface area contributed by atoms with Crippen LogP contribution in [0.2, 0.25) is 0 Å². The number of rotatable bonds is 6. The van der Waals surface area contributed by atoms with Crippen LogP contribution >= 0.6 is 0 Å². The standard InChI is InChI=1S/C17H18O4/c18-10-9-14(19)11-13-7-4-8-15(20)16(13)17(21)12-5-2-1-3-6-12/h1-8,14,18-20H,9-11H2. The van der Waals surface area contributed by atoms with E-state index in [2.05, 4.69) is 0 Å². The number of benzene rings is 2. The highest BCUT2D eigenvalue weighted by atomic mass is 16.3. The second-order valence-electron chi connectivity index (χ2n) is 4.88. The molecule has 21 heavy (non-hydrogen) atoms. The van der Waals surface area contributed by atoms with Crippen LogP contribution in [0.4, 0.5) is 0 Å². The molecule has 3 N–H and O–H groups in total. The second-order valence-corrected chi connectivity index (χ2v) is 4.88. The average molecular weight is 286 g/mol. The van der Waals surface area contributed by atoms with Crippen molar-refractivity contribution in [2.45, 2.75) is 18.9 Å². The van der Waals surface area contributed by atoms with E-state index in [4.69, 9.17) is 5.11 Å². The SMILES string of the molecule is O=C(c1ccccc1)c1c(O)cccc1CC(O)CCO. The fraction of sp³-hybridized carbons (Fsp3) is 0.235. The molecule has 0 aromatic heterocycles. The van der Waals surface area contributed by atoms with E-state index in [-0.39, 0.29) is 36.5 Å². The Morgan fingerprint density at radius 3 is 2.43 bits per heavy atom. The van der Waals surface area contributed by atoms with Gasteiger partial charge < -0.3 is 15.3 Å². The zero-order chi connectivity index (χ0) is 15.2. The highest BCUT2D eigenvalue weighted by Gasteiger charge is 2.19. The molecule has 0 radical (unpaired) electrons. The topological polar surface area (TPSA) is 77.8 Å². The summed E-state index contributed by atoms with van der Waals surface area (Å²) in [6.45, 7) is -0.123. The molecule has 0 aliphatic rings. The number of phenolic OH excluding ortho intramolecular Hbond substituents is 1. The molecule has 4 heteroatoms. The van der Waals surface area contributed by atoms with Crippen molar-refractivity contribution in [1.29, 1.82) is 0 Å². The number of aromatic hydroxyl groups is 1. The van der Waals surface area contributed by atoms with Crippen molar-refractivity contribution in [3.05, 3.63) is 65.2 Å². The molecule has 0 aliphatic carbocycles. The van der Waals surface area contributed by atoms with E-state index < -0.39 is 6.10 Å². The van der Waals surface area contributed by atoms with Crippen LogP contribution in [0.25, 0.3) is 0 Å². The monoisotopic (exact) mass is 286 g/mol. The maximum absolute atomic E-state index is 12.5. The minimum absolute atomic E-state index is 0.0995. The molecule has 110 valence electrons. The third kappa shape index (κ3) is 3.68. The molecule has 0 saturated heterocycles. The van der Waals surface area contributed by atoms with Crippen LogP contribution in [-0.2, 0) is 6.42 Å². The van der Waals surface area contributed by atoms with Gasteiger partial charge >= 0.3 is 0 Å². The Balaban J connectivity index is 2.36. The van der Waals surface area contributed by atoms with E-state index in [0.717, 1.165) is 0 Å². The molecule has 2 aromatic carbocycles. The molecular formula is C17H18O4. The number of hydrogen-bond acceptors (Lipinski definition) is 4. The number of aliphatic hydroxyl groups is 2. The quantitative estimate of drug-likeness (QED) is 0.709. The van der Waals surface area contributed by atoms with Crippen LogP contribution in [-0.4, -0.2) is 33.8 Å². The van der Waals surface area contributed by atoms with Crippen molar-refractivity contribution < 1.29 is 20.1 Å². The van der Waals surface area contributed by atoms with E-state index in [1.807, 2.05) is 6.07 Å². The third-order valence-corrected chi connectivity index (χ3v) is 3.31. The van der Waals surface area contributed by atoms with Crippen LogP contribution in [0.15, 0.2) is 48.5 Å². The predicted molar refractivity (Wildman–Crippen MR) is 79.4 cm³/mol. The summed E-state index contributed by atoms with van der Waals surface area (Å²) in [6.07, 6.45) is -0.309. The van der Waals surface area contributed by atoms with Gasteiger partial charge in [0.2, 0.25) is 0 Å². The van der Waals surface area contributed by atoms with Crippen molar-refractivity contribution >= 4 is 5.78 Å². The van der Waals surface area contributed by atoms with E-state index in [9.17, 15) is 15.0 Å². The van der Waals surface area contributed by atoms with Crippen molar-refractivity contribution in [3.63, 3.8) is 0 Å². The molecule has 0 aliphatic heterocycles. The molecule has 1 unspecified atom stereocenters. The predicted octanol–water partition coefficient (Wildman–Crippen LogP) is 1.91. The Kier molecular flexibility index (Phi) is 5.09. The van der Waals surface area contributed by atoms with Crippen LogP contribution < -0.4 is 0 Å². The number of ketones is 1. The van der Waals surface area contributed by atoms with E-state index in [0.29, 0.717) is 11.1 Å². The van der Waals surface area contributed by atoms with Crippen molar-refractivity contribution in [2.75, 3.05) is 6.61 Å². The molecule has 0 heterocycles. The highest BCUT2D eigenvalue weighted by Crippen LogP contribution is 2.25. The van der Waals surface area contributed by atoms with Gasteiger partial charge in [-0.25, -0.2) is 0 Å². The van der Waals surface area contributed by atoms with Crippen molar-refractivity contribution in [3.8, 4) is 5.75 Å². The first-order valence-electron chi connectivity index (χ1n) is 6.83. The highest BCUT2D eigenvalue weighted by molar-refractivity contribution is 6.11.